The zero-order valence-electron chi connectivity index (χ0n) is 5.06. The second-order valence-corrected chi connectivity index (χ2v) is 2.34. The molecule has 0 aromatic rings. The number of hydrogen-bond acceptors (Lipinski definition) is 4. The largest absolute Gasteiger partial charge is 0.390 e. The molecule has 0 aromatic heterocycles. The van der Waals surface area contributed by atoms with E-state index in [4.69, 9.17) is 15.4 Å². The molecule has 1 heterocycles. The maximum absolute atomic E-state index is 8.91. The van der Waals surface area contributed by atoms with Crippen molar-refractivity contribution in [1.82, 2.24) is 5.06 Å². The molecule has 54 valence electrons. The van der Waals surface area contributed by atoms with E-state index in [1.807, 2.05) is 0 Å². The molecule has 1 aliphatic rings. The van der Waals surface area contributed by atoms with Crippen LogP contribution in [0.3, 0.4) is 0 Å². The van der Waals surface area contributed by atoms with Gasteiger partial charge in [0.25, 0.3) is 0 Å². The summed E-state index contributed by atoms with van der Waals surface area (Å²) in [6.07, 6.45) is -1.00. The van der Waals surface area contributed by atoms with Gasteiger partial charge < -0.3 is 15.4 Å². The van der Waals surface area contributed by atoms with Gasteiger partial charge in [-0.25, -0.2) is 0 Å². The van der Waals surface area contributed by atoms with E-state index in [2.05, 4.69) is 0 Å². The summed E-state index contributed by atoms with van der Waals surface area (Å²) in [6.45, 7) is 0.597. The summed E-state index contributed by atoms with van der Waals surface area (Å²) in [6, 6.07) is 0. The van der Waals surface area contributed by atoms with Crippen molar-refractivity contribution in [1.29, 1.82) is 0 Å². The SMILES string of the molecule is OC1CCN(O)CC1O. The first-order valence-corrected chi connectivity index (χ1v) is 3.00. The number of β-amino-alcohol motifs (C(OH)–C–C–N with tert-alkyl or cyclic N) is 1. The summed E-state index contributed by atoms with van der Waals surface area (Å²) in [5.74, 6) is 0. The van der Waals surface area contributed by atoms with Crippen LogP contribution < -0.4 is 0 Å². The Bertz CT molecular complexity index is 98.2. The molecule has 0 bridgehead atoms. The minimum Gasteiger partial charge on any atom is -0.390 e. The Labute approximate surface area is 53.3 Å². The van der Waals surface area contributed by atoms with Crippen molar-refractivity contribution >= 4 is 0 Å². The lowest BCUT2D eigenvalue weighted by molar-refractivity contribution is -0.161. The number of nitrogens with zero attached hydrogens (tertiary/aromatic N) is 1. The van der Waals surface area contributed by atoms with E-state index in [1.54, 1.807) is 0 Å². The quantitative estimate of drug-likeness (QED) is 0.388. The van der Waals surface area contributed by atoms with Gasteiger partial charge in [0.2, 0.25) is 0 Å². The van der Waals surface area contributed by atoms with Crippen LogP contribution in [0.2, 0.25) is 0 Å². The fourth-order valence-corrected chi connectivity index (χ4v) is 0.903. The molecule has 2 atom stereocenters. The molecule has 0 saturated carbocycles. The molecular formula is C5H11NO3. The van der Waals surface area contributed by atoms with Crippen molar-refractivity contribution in [2.24, 2.45) is 0 Å². The maximum atomic E-state index is 8.91. The Morgan fingerprint density at radius 3 is 2.33 bits per heavy atom. The lowest BCUT2D eigenvalue weighted by atomic mass is 10.1. The molecular weight excluding hydrogens is 122 g/mol. The minimum atomic E-state index is -0.788. The summed E-state index contributed by atoms with van der Waals surface area (Å²) in [5, 5.41) is 27.6. The Morgan fingerprint density at radius 2 is 1.89 bits per heavy atom. The van der Waals surface area contributed by atoms with E-state index in [0.717, 1.165) is 5.06 Å². The summed E-state index contributed by atoms with van der Waals surface area (Å²) in [4.78, 5) is 0. The van der Waals surface area contributed by atoms with Crippen LogP contribution >= 0.6 is 0 Å². The lowest BCUT2D eigenvalue weighted by Gasteiger charge is -2.28. The Morgan fingerprint density at radius 1 is 1.22 bits per heavy atom. The number of aliphatic hydroxyl groups is 2. The normalized spacial score (nSPS) is 39.0. The molecule has 2 unspecified atom stereocenters. The van der Waals surface area contributed by atoms with E-state index in [1.165, 1.54) is 0 Å². The predicted octanol–water partition coefficient (Wildman–Crippen LogP) is -1.20. The highest BCUT2D eigenvalue weighted by Crippen LogP contribution is 2.07. The molecule has 4 heteroatoms. The number of hydrogen-bond donors (Lipinski definition) is 3. The topological polar surface area (TPSA) is 63.9 Å². The van der Waals surface area contributed by atoms with Gasteiger partial charge in [-0.2, -0.15) is 5.06 Å². The fraction of sp³-hybridized carbons (Fsp3) is 1.00. The van der Waals surface area contributed by atoms with Crippen molar-refractivity contribution in [2.45, 2.75) is 18.6 Å². The van der Waals surface area contributed by atoms with Crippen LogP contribution in [0, 0.1) is 0 Å². The van der Waals surface area contributed by atoms with Gasteiger partial charge in [-0.15, -0.1) is 0 Å². The Balaban J connectivity index is 2.35. The molecule has 1 rings (SSSR count). The molecule has 0 radical (unpaired) electrons. The summed E-state index contributed by atoms with van der Waals surface area (Å²) < 4.78 is 0. The Hall–Kier alpha value is -0.160. The van der Waals surface area contributed by atoms with Crippen molar-refractivity contribution in [2.75, 3.05) is 13.1 Å². The first-order chi connectivity index (χ1) is 4.20. The third kappa shape index (κ3) is 1.62. The third-order valence-corrected chi connectivity index (χ3v) is 1.52. The molecule has 0 aromatic carbocycles. The smallest absolute Gasteiger partial charge is 0.0949 e. The molecule has 9 heavy (non-hydrogen) atoms. The maximum Gasteiger partial charge on any atom is 0.0949 e. The highest BCUT2D eigenvalue weighted by Gasteiger charge is 2.24. The minimum absolute atomic E-state index is 0.154. The fourth-order valence-electron chi connectivity index (χ4n) is 0.903. The molecule has 0 amide bonds. The van der Waals surface area contributed by atoms with Crippen LogP contribution in [0.1, 0.15) is 6.42 Å². The first kappa shape index (κ1) is 6.95. The van der Waals surface area contributed by atoms with Crippen molar-refractivity contribution in [3.8, 4) is 0 Å². The van der Waals surface area contributed by atoms with Gasteiger partial charge in [-0.1, -0.05) is 0 Å². The van der Waals surface area contributed by atoms with Crippen molar-refractivity contribution in [3.63, 3.8) is 0 Å². The van der Waals surface area contributed by atoms with Crippen LogP contribution in [-0.4, -0.2) is 45.8 Å². The molecule has 0 spiro atoms. The monoisotopic (exact) mass is 133 g/mol. The van der Waals surface area contributed by atoms with Crippen molar-refractivity contribution < 1.29 is 15.4 Å². The van der Waals surface area contributed by atoms with E-state index < -0.39 is 12.2 Å². The van der Waals surface area contributed by atoms with Gasteiger partial charge in [-0.05, 0) is 6.42 Å². The second-order valence-electron chi connectivity index (χ2n) is 2.34. The number of aliphatic hydroxyl groups excluding tert-OH is 2. The van der Waals surface area contributed by atoms with Crippen LogP contribution in [-0.2, 0) is 0 Å². The van der Waals surface area contributed by atoms with Gasteiger partial charge in [0, 0.05) is 6.54 Å². The van der Waals surface area contributed by atoms with Crippen LogP contribution in [0.4, 0.5) is 0 Å². The third-order valence-electron chi connectivity index (χ3n) is 1.52. The van der Waals surface area contributed by atoms with Gasteiger partial charge in [0.05, 0.1) is 18.8 Å². The summed E-state index contributed by atoms with van der Waals surface area (Å²) in [7, 11) is 0. The van der Waals surface area contributed by atoms with E-state index in [0.29, 0.717) is 13.0 Å². The van der Waals surface area contributed by atoms with E-state index in [9.17, 15) is 0 Å². The molecule has 1 saturated heterocycles. The molecule has 0 aliphatic carbocycles. The number of hydroxylamine groups is 2. The van der Waals surface area contributed by atoms with Crippen LogP contribution in [0.5, 0.6) is 0 Å². The zero-order chi connectivity index (χ0) is 6.85. The first-order valence-electron chi connectivity index (χ1n) is 3.00. The van der Waals surface area contributed by atoms with Gasteiger partial charge >= 0.3 is 0 Å². The molecule has 4 nitrogen and oxygen atoms in total. The van der Waals surface area contributed by atoms with Crippen molar-refractivity contribution in [3.05, 3.63) is 0 Å². The Kier molecular flexibility index (Phi) is 2.02. The van der Waals surface area contributed by atoms with E-state index >= 15 is 0 Å². The van der Waals surface area contributed by atoms with Crippen LogP contribution in [0.25, 0.3) is 0 Å². The standard InChI is InChI=1S/C5H11NO3/c7-4-1-2-6(9)3-5(4)8/h4-5,7-9H,1-3H2. The zero-order valence-corrected chi connectivity index (χ0v) is 5.06. The molecule has 1 fully saturated rings. The van der Waals surface area contributed by atoms with E-state index in [-0.39, 0.29) is 6.54 Å². The average Bonchev–Trinajstić information content (AvgIpc) is 1.80. The predicted molar refractivity (Wildman–Crippen MR) is 30.0 cm³/mol. The number of piperidine rings is 1. The number of rotatable bonds is 0. The molecule has 3 N–H and O–H groups in total. The van der Waals surface area contributed by atoms with Gasteiger partial charge in [0.1, 0.15) is 0 Å². The summed E-state index contributed by atoms with van der Waals surface area (Å²) >= 11 is 0. The molecule has 1 aliphatic heterocycles. The lowest BCUT2D eigenvalue weighted by Crippen LogP contribution is -2.44. The highest BCUT2D eigenvalue weighted by atomic mass is 16.5. The van der Waals surface area contributed by atoms with Crippen LogP contribution in [0.15, 0.2) is 0 Å². The second kappa shape index (κ2) is 2.62. The average molecular weight is 133 g/mol. The van der Waals surface area contributed by atoms with Gasteiger partial charge in [0.15, 0.2) is 0 Å². The van der Waals surface area contributed by atoms with Gasteiger partial charge in [-0.3, -0.25) is 0 Å². The highest BCUT2D eigenvalue weighted by molar-refractivity contribution is 4.74. The summed E-state index contributed by atoms with van der Waals surface area (Å²) in [5.41, 5.74) is 0.